The second kappa shape index (κ2) is 6.20. The Labute approximate surface area is 135 Å². The predicted molar refractivity (Wildman–Crippen MR) is 87.9 cm³/mol. The van der Waals surface area contributed by atoms with Gasteiger partial charge in [0, 0.05) is 45.1 Å². The molecular formula is C18H19N3O2. The van der Waals surface area contributed by atoms with Crippen LogP contribution in [0.3, 0.4) is 0 Å². The second-order valence-corrected chi connectivity index (χ2v) is 5.82. The average Bonchev–Trinajstić information content (AvgIpc) is 2.58. The lowest BCUT2D eigenvalue weighted by molar-refractivity contribution is -0.134. The molecule has 23 heavy (non-hydrogen) atoms. The van der Waals surface area contributed by atoms with Crippen LogP contribution in [0.25, 0.3) is 0 Å². The SMILES string of the molecule is CN(Cc1ccncc1)C(=O)[C@@H]1CC(=O)N(C)c2ccccc21. The van der Waals surface area contributed by atoms with Gasteiger partial charge in [0.05, 0.1) is 5.92 Å². The van der Waals surface area contributed by atoms with Gasteiger partial charge < -0.3 is 9.80 Å². The third-order valence-corrected chi connectivity index (χ3v) is 4.27. The van der Waals surface area contributed by atoms with Crippen LogP contribution in [0, 0.1) is 0 Å². The van der Waals surface area contributed by atoms with Gasteiger partial charge >= 0.3 is 0 Å². The van der Waals surface area contributed by atoms with Crippen molar-refractivity contribution >= 4 is 17.5 Å². The molecule has 1 aliphatic heterocycles. The van der Waals surface area contributed by atoms with Crippen LogP contribution in [-0.4, -0.2) is 35.8 Å². The highest BCUT2D eigenvalue weighted by molar-refractivity contribution is 6.02. The number of rotatable bonds is 3. The molecule has 2 heterocycles. The molecule has 0 aliphatic carbocycles. The van der Waals surface area contributed by atoms with Crippen molar-refractivity contribution in [2.45, 2.75) is 18.9 Å². The topological polar surface area (TPSA) is 53.5 Å². The van der Waals surface area contributed by atoms with Crippen molar-refractivity contribution in [2.24, 2.45) is 0 Å². The monoisotopic (exact) mass is 309 g/mol. The first-order valence-corrected chi connectivity index (χ1v) is 7.57. The summed E-state index contributed by atoms with van der Waals surface area (Å²) in [5, 5.41) is 0. The number of benzene rings is 1. The van der Waals surface area contributed by atoms with Crippen LogP contribution in [0.4, 0.5) is 5.69 Å². The molecule has 0 saturated carbocycles. The van der Waals surface area contributed by atoms with Gasteiger partial charge in [-0.3, -0.25) is 14.6 Å². The van der Waals surface area contributed by atoms with Gasteiger partial charge in [-0.1, -0.05) is 18.2 Å². The Bertz CT molecular complexity index is 730. The van der Waals surface area contributed by atoms with Gasteiger partial charge in [-0.2, -0.15) is 0 Å². The quantitative estimate of drug-likeness (QED) is 0.873. The lowest BCUT2D eigenvalue weighted by Gasteiger charge is -2.33. The zero-order valence-electron chi connectivity index (χ0n) is 13.3. The predicted octanol–water partition coefficient (Wildman–Crippen LogP) is 2.19. The number of hydrogen-bond donors (Lipinski definition) is 0. The minimum atomic E-state index is -0.415. The van der Waals surface area contributed by atoms with E-state index in [4.69, 9.17) is 0 Å². The van der Waals surface area contributed by atoms with E-state index in [0.29, 0.717) is 6.54 Å². The molecule has 1 aromatic heterocycles. The zero-order valence-corrected chi connectivity index (χ0v) is 13.3. The summed E-state index contributed by atoms with van der Waals surface area (Å²) in [5.41, 5.74) is 2.75. The molecule has 1 aromatic carbocycles. The molecule has 0 saturated heterocycles. The normalized spacial score (nSPS) is 16.9. The fourth-order valence-corrected chi connectivity index (χ4v) is 2.97. The summed E-state index contributed by atoms with van der Waals surface area (Å²) >= 11 is 0. The lowest BCUT2D eigenvalue weighted by atomic mass is 9.88. The van der Waals surface area contributed by atoms with Crippen LogP contribution in [-0.2, 0) is 16.1 Å². The van der Waals surface area contributed by atoms with Crippen molar-refractivity contribution < 1.29 is 9.59 Å². The number of likely N-dealkylation sites (N-methyl/N-ethyl adjacent to an activating group) is 1. The van der Waals surface area contributed by atoms with E-state index >= 15 is 0 Å². The van der Waals surface area contributed by atoms with E-state index in [9.17, 15) is 9.59 Å². The summed E-state index contributed by atoms with van der Waals surface area (Å²) in [6.07, 6.45) is 3.64. The number of fused-ring (bicyclic) bond motifs is 1. The van der Waals surface area contributed by atoms with Crippen molar-refractivity contribution in [2.75, 3.05) is 19.0 Å². The van der Waals surface area contributed by atoms with Gasteiger partial charge in [0.15, 0.2) is 0 Å². The van der Waals surface area contributed by atoms with Crippen LogP contribution in [0.2, 0.25) is 0 Å². The maximum absolute atomic E-state index is 12.9. The molecule has 5 nitrogen and oxygen atoms in total. The van der Waals surface area contributed by atoms with Crippen molar-refractivity contribution in [3.8, 4) is 0 Å². The van der Waals surface area contributed by atoms with Crippen molar-refractivity contribution in [3.63, 3.8) is 0 Å². The van der Waals surface area contributed by atoms with Gasteiger partial charge in [0.25, 0.3) is 0 Å². The third kappa shape index (κ3) is 2.95. The molecule has 1 aliphatic rings. The maximum atomic E-state index is 12.9. The minimum Gasteiger partial charge on any atom is -0.341 e. The van der Waals surface area contributed by atoms with Crippen molar-refractivity contribution in [3.05, 3.63) is 59.9 Å². The fourth-order valence-electron chi connectivity index (χ4n) is 2.97. The first-order valence-electron chi connectivity index (χ1n) is 7.57. The summed E-state index contributed by atoms with van der Waals surface area (Å²) in [6, 6.07) is 11.4. The summed E-state index contributed by atoms with van der Waals surface area (Å²) in [7, 11) is 3.52. The van der Waals surface area contributed by atoms with Crippen LogP contribution in [0.15, 0.2) is 48.8 Å². The largest absolute Gasteiger partial charge is 0.341 e. The highest BCUT2D eigenvalue weighted by atomic mass is 16.2. The Morgan fingerprint density at radius 1 is 1.26 bits per heavy atom. The summed E-state index contributed by atoms with van der Waals surface area (Å²) in [5.74, 6) is -0.475. The number of aromatic nitrogens is 1. The second-order valence-electron chi connectivity index (χ2n) is 5.82. The van der Waals surface area contributed by atoms with Crippen LogP contribution < -0.4 is 4.90 Å². The summed E-state index contributed by atoms with van der Waals surface area (Å²) in [4.78, 5) is 32.3. The number of pyridine rings is 1. The van der Waals surface area contributed by atoms with E-state index < -0.39 is 5.92 Å². The van der Waals surface area contributed by atoms with Gasteiger partial charge in [0.2, 0.25) is 11.8 Å². The number of carbonyl (C=O) groups excluding carboxylic acids is 2. The maximum Gasteiger partial charge on any atom is 0.230 e. The van der Waals surface area contributed by atoms with E-state index in [1.165, 1.54) is 0 Å². The van der Waals surface area contributed by atoms with Gasteiger partial charge in [-0.05, 0) is 29.3 Å². The molecule has 0 bridgehead atoms. The smallest absolute Gasteiger partial charge is 0.230 e. The lowest BCUT2D eigenvalue weighted by Crippen LogP contribution is -2.39. The molecule has 2 amide bonds. The van der Waals surface area contributed by atoms with E-state index in [-0.39, 0.29) is 18.2 Å². The van der Waals surface area contributed by atoms with E-state index in [0.717, 1.165) is 16.8 Å². The number of para-hydroxylation sites is 1. The molecule has 2 aromatic rings. The van der Waals surface area contributed by atoms with E-state index in [1.807, 2.05) is 36.4 Å². The number of anilines is 1. The van der Waals surface area contributed by atoms with Crippen molar-refractivity contribution in [1.82, 2.24) is 9.88 Å². The Kier molecular flexibility index (Phi) is 4.10. The first kappa shape index (κ1) is 15.2. The zero-order chi connectivity index (χ0) is 16.4. The number of nitrogens with zero attached hydrogens (tertiary/aromatic N) is 3. The molecule has 0 fully saturated rings. The fraction of sp³-hybridized carbons (Fsp3) is 0.278. The molecule has 3 rings (SSSR count). The third-order valence-electron chi connectivity index (χ3n) is 4.27. The first-order chi connectivity index (χ1) is 11.1. The standard InChI is InChI=1S/C18H19N3O2/c1-20(12-13-7-9-19-10-8-13)18(23)15-11-17(22)21(2)16-6-4-3-5-14(15)16/h3-10,15H,11-12H2,1-2H3/t15-/m1/s1. The van der Waals surface area contributed by atoms with E-state index in [2.05, 4.69) is 4.98 Å². The highest BCUT2D eigenvalue weighted by Crippen LogP contribution is 2.36. The number of carbonyl (C=O) groups is 2. The Morgan fingerprint density at radius 3 is 2.70 bits per heavy atom. The van der Waals surface area contributed by atoms with Crippen molar-refractivity contribution in [1.29, 1.82) is 0 Å². The van der Waals surface area contributed by atoms with Gasteiger partial charge in [-0.25, -0.2) is 0 Å². The molecule has 5 heteroatoms. The minimum absolute atomic E-state index is 0.0284. The number of amides is 2. The van der Waals surface area contributed by atoms with Crippen LogP contribution in [0.1, 0.15) is 23.5 Å². The molecule has 0 spiro atoms. The van der Waals surface area contributed by atoms with Gasteiger partial charge in [-0.15, -0.1) is 0 Å². The summed E-state index contributed by atoms with van der Waals surface area (Å²) < 4.78 is 0. The average molecular weight is 309 g/mol. The molecule has 1 atom stereocenters. The Balaban J connectivity index is 1.84. The highest BCUT2D eigenvalue weighted by Gasteiger charge is 2.34. The molecule has 0 radical (unpaired) electrons. The van der Waals surface area contributed by atoms with Crippen LogP contribution in [0.5, 0.6) is 0 Å². The molecule has 0 unspecified atom stereocenters. The number of hydrogen-bond acceptors (Lipinski definition) is 3. The molecular weight excluding hydrogens is 290 g/mol. The van der Waals surface area contributed by atoms with Crippen LogP contribution >= 0.6 is 0 Å². The molecule has 118 valence electrons. The Morgan fingerprint density at radius 2 is 1.96 bits per heavy atom. The Hall–Kier alpha value is -2.69. The molecule has 0 N–H and O–H groups in total. The summed E-state index contributed by atoms with van der Waals surface area (Å²) in [6.45, 7) is 0.504. The van der Waals surface area contributed by atoms with Gasteiger partial charge in [0.1, 0.15) is 0 Å². The van der Waals surface area contributed by atoms with E-state index in [1.54, 1.807) is 36.3 Å².